The molecule has 0 saturated heterocycles. The minimum Gasteiger partial charge on any atom is -0.458 e. The number of furan rings is 2. The monoisotopic (exact) mass is 718 g/mol. The third-order valence-electron chi connectivity index (χ3n) is 11.6. The number of hydrogen-bond acceptors (Lipinski definition) is 4. The van der Waals surface area contributed by atoms with Crippen molar-refractivity contribution in [3.8, 4) is 0 Å². The highest BCUT2D eigenvalue weighted by molar-refractivity contribution is 6.28. The summed E-state index contributed by atoms with van der Waals surface area (Å²) in [6, 6.07) is 60.9. The first kappa shape index (κ1) is 31.1. The first-order valence-electron chi connectivity index (χ1n) is 19.3. The molecule has 0 fully saturated rings. The number of aryl methyl sites for hydroxylation is 1. The van der Waals surface area contributed by atoms with Crippen molar-refractivity contribution in [1.82, 2.24) is 0 Å². The Bertz CT molecular complexity index is 3320. The van der Waals surface area contributed by atoms with E-state index in [1.807, 2.05) is 6.07 Å². The summed E-state index contributed by atoms with van der Waals surface area (Å²) in [4.78, 5) is 4.74. The van der Waals surface area contributed by atoms with Crippen LogP contribution in [0.3, 0.4) is 0 Å². The third kappa shape index (κ3) is 4.53. The maximum atomic E-state index is 6.74. The van der Waals surface area contributed by atoms with Gasteiger partial charge in [-0.2, -0.15) is 0 Å². The van der Waals surface area contributed by atoms with Crippen molar-refractivity contribution in [3.05, 3.63) is 187 Å². The Hall–Kier alpha value is -7.30. The predicted molar refractivity (Wildman–Crippen MR) is 234 cm³/mol. The standard InChI is InChI=1S/C52H34N2O2/c1-3-13-35(14-4-1)53(45-21-11-19-39-37-17-7-9-23-47(37)55-51(39)45)43-31-27-33-26-30-42-44(32-28-34-25-29-41(43)49(33)50(34)42)54(36-15-5-2-6-16-36)46-22-12-20-40-38-18-8-10-24-48(38)56-52(40)46/h1-9,11-23,25-32H,10,24H2. The highest BCUT2D eigenvalue weighted by atomic mass is 16.3. The Labute approximate surface area is 323 Å². The molecular formula is C52H34N2O2. The van der Waals surface area contributed by atoms with E-state index in [9.17, 15) is 0 Å². The van der Waals surface area contributed by atoms with Gasteiger partial charge in [0.25, 0.3) is 0 Å². The zero-order valence-electron chi connectivity index (χ0n) is 30.4. The summed E-state index contributed by atoms with van der Waals surface area (Å²) in [5.41, 5.74) is 10.2. The van der Waals surface area contributed by atoms with E-state index < -0.39 is 0 Å². The molecule has 264 valence electrons. The third-order valence-corrected chi connectivity index (χ3v) is 11.6. The second kappa shape index (κ2) is 12.1. The average Bonchev–Trinajstić information content (AvgIpc) is 3.84. The molecule has 0 unspecified atom stereocenters. The molecule has 0 saturated carbocycles. The van der Waals surface area contributed by atoms with Gasteiger partial charge in [-0.05, 0) is 82.6 Å². The fraction of sp³-hybridized carbons (Fsp3) is 0.0385. The van der Waals surface area contributed by atoms with Crippen LogP contribution < -0.4 is 9.80 Å². The van der Waals surface area contributed by atoms with Crippen molar-refractivity contribution in [3.63, 3.8) is 0 Å². The van der Waals surface area contributed by atoms with Crippen LogP contribution in [0.5, 0.6) is 0 Å². The Morgan fingerprint density at radius 3 is 1.57 bits per heavy atom. The molecule has 4 nitrogen and oxygen atoms in total. The van der Waals surface area contributed by atoms with E-state index in [0.717, 1.165) is 85.6 Å². The van der Waals surface area contributed by atoms with Crippen molar-refractivity contribution >= 4 is 105 Å². The Morgan fingerprint density at radius 1 is 0.393 bits per heavy atom. The van der Waals surface area contributed by atoms with Gasteiger partial charge >= 0.3 is 0 Å². The zero-order valence-corrected chi connectivity index (χ0v) is 30.4. The SMILES string of the molecule is C1=Cc2c(oc3c(N(c4ccccc4)c4ccc5ccc6c(N(c7ccccc7)c7cccc8c7oc7ccccc78)ccc7ccc4c5c76)cccc23)CC1. The van der Waals surface area contributed by atoms with E-state index in [1.54, 1.807) is 0 Å². The zero-order chi connectivity index (χ0) is 36.7. The molecule has 0 atom stereocenters. The molecule has 0 N–H and O–H groups in total. The Morgan fingerprint density at radius 2 is 0.929 bits per heavy atom. The molecule has 0 aliphatic heterocycles. The van der Waals surface area contributed by atoms with Crippen LogP contribution in [0.25, 0.3) is 71.3 Å². The first-order chi connectivity index (χ1) is 27.8. The van der Waals surface area contributed by atoms with Gasteiger partial charge in [-0.3, -0.25) is 0 Å². The van der Waals surface area contributed by atoms with E-state index in [0.29, 0.717) is 0 Å². The molecule has 1 aliphatic rings. The molecule has 0 spiro atoms. The molecule has 56 heavy (non-hydrogen) atoms. The van der Waals surface area contributed by atoms with Crippen molar-refractivity contribution in [1.29, 1.82) is 0 Å². The minimum atomic E-state index is 0.869. The molecule has 1 aliphatic carbocycles. The van der Waals surface area contributed by atoms with Gasteiger partial charge in [0, 0.05) is 50.3 Å². The molecule has 0 radical (unpaired) electrons. The van der Waals surface area contributed by atoms with Crippen LogP contribution in [0, 0.1) is 0 Å². The van der Waals surface area contributed by atoms with E-state index in [2.05, 4.69) is 186 Å². The number of allylic oxidation sites excluding steroid dienone is 1. The molecule has 9 aromatic carbocycles. The smallest absolute Gasteiger partial charge is 0.159 e. The van der Waals surface area contributed by atoms with Gasteiger partial charge in [-0.15, -0.1) is 0 Å². The summed E-state index contributed by atoms with van der Waals surface area (Å²) >= 11 is 0. The highest BCUT2D eigenvalue weighted by Gasteiger charge is 2.26. The lowest BCUT2D eigenvalue weighted by atomic mass is 9.91. The predicted octanol–water partition coefficient (Wildman–Crippen LogP) is 15.1. The summed E-state index contributed by atoms with van der Waals surface area (Å²) < 4.78 is 13.4. The fourth-order valence-corrected chi connectivity index (χ4v) is 9.17. The number of para-hydroxylation sites is 5. The Balaban J connectivity index is 1.13. The summed E-state index contributed by atoms with van der Waals surface area (Å²) in [5, 5.41) is 10.6. The topological polar surface area (TPSA) is 32.8 Å². The highest BCUT2D eigenvalue weighted by Crippen LogP contribution is 2.50. The number of anilines is 6. The van der Waals surface area contributed by atoms with Gasteiger partial charge in [0.15, 0.2) is 11.2 Å². The van der Waals surface area contributed by atoms with Crippen molar-refractivity contribution in [2.45, 2.75) is 12.8 Å². The van der Waals surface area contributed by atoms with Crippen LogP contribution in [0.4, 0.5) is 34.1 Å². The minimum absolute atomic E-state index is 0.869. The van der Waals surface area contributed by atoms with Gasteiger partial charge < -0.3 is 18.6 Å². The lowest BCUT2D eigenvalue weighted by Crippen LogP contribution is -2.11. The molecule has 12 rings (SSSR count). The van der Waals surface area contributed by atoms with Gasteiger partial charge in [0.2, 0.25) is 0 Å². The van der Waals surface area contributed by atoms with Crippen molar-refractivity contribution in [2.75, 3.05) is 9.80 Å². The summed E-state index contributed by atoms with van der Waals surface area (Å²) in [7, 11) is 0. The maximum absolute atomic E-state index is 6.74. The van der Waals surface area contributed by atoms with Crippen LogP contribution in [0.15, 0.2) is 185 Å². The molecule has 0 amide bonds. The molecular weight excluding hydrogens is 685 g/mol. The second-order valence-electron chi connectivity index (χ2n) is 14.7. The Kier molecular flexibility index (Phi) is 6.72. The number of hydrogen-bond donors (Lipinski definition) is 0. The number of fused-ring (bicyclic) bond motifs is 6. The number of rotatable bonds is 6. The largest absolute Gasteiger partial charge is 0.458 e. The average molecular weight is 719 g/mol. The van der Waals surface area contributed by atoms with Crippen molar-refractivity contribution in [2.24, 2.45) is 0 Å². The molecule has 2 heterocycles. The van der Waals surface area contributed by atoms with Crippen LogP contribution >= 0.6 is 0 Å². The van der Waals surface area contributed by atoms with Crippen LogP contribution in [-0.4, -0.2) is 0 Å². The summed E-state index contributed by atoms with van der Waals surface area (Å²) in [6.45, 7) is 0. The van der Waals surface area contributed by atoms with E-state index in [1.165, 1.54) is 37.9 Å². The van der Waals surface area contributed by atoms with Gasteiger partial charge in [0.1, 0.15) is 11.3 Å². The molecule has 0 bridgehead atoms. The normalized spacial score (nSPS) is 12.8. The van der Waals surface area contributed by atoms with Crippen LogP contribution in [-0.2, 0) is 6.42 Å². The van der Waals surface area contributed by atoms with Crippen molar-refractivity contribution < 1.29 is 8.83 Å². The fourth-order valence-electron chi connectivity index (χ4n) is 9.17. The van der Waals surface area contributed by atoms with Crippen LogP contribution in [0.1, 0.15) is 17.7 Å². The lowest BCUT2D eigenvalue weighted by molar-refractivity contribution is 0.546. The number of benzene rings is 9. The quantitative estimate of drug-likeness (QED) is 0.160. The lowest BCUT2D eigenvalue weighted by Gasteiger charge is -2.29. The number of nitrogens with zero attached hydrogens (tertiary/aromatic N) is 2. The second-order valence-corrected chi connectivity index (χ2v) is 14.7. The first-order valence-corrected chi connectivity index (χ1v) is 19.3. The van der Waals surface area contributed by atoms with E-state index >= 15 is 0 Å². The van der Waals surface area contributed by atoms with E-state index in [-0.39, 0.29) is 0 Å². The molecule has 11 aromatic rings. The molecule has 4 heteroatoms. The summed E-state index contributed by atoms with van der Waals surface area (Å²) in [5.74, 6) is 1.06. The van der Waals surface area contributed by atoms with Gasteiger partial charge in [-0.1, -0.05) is 127 Å². The molecule has 2 aromatic heterocycles. The van der Waals surface area contributed by atoms with Crippen LogP contribution in [0.2, 0.25) is 0 Å². The summed E-state index contributed by atoms with van der Waals surface area (Å²) in [6.07, 6.45) is 6.39. The van der Waals surface area contributed by atoms with Gasteiger partial charge in [0.05, 0.1) is 22.7 Å². The van der Waals surface area contributed by atoms with Gasteiger partial charge in [-0.25, -0.2) is 0 Å². The van der Waals surface area contributed by atoms with E-state index in [4.69, 9.17) is 8.83 Å². The maximum Gasteiger partial charge on any atom is 0.159 e.